The van der Waals surface area contributed by atoms with Crippen molar-refractivity contribution in [2.24, 2.45) is 0 Å². The lowest BCUT2D eigenvalue weighted by atomic mass is 10.1. The van der Waals surface area contributed by atoms with Gasteiger partial charge in [0.2, 0.25) is 10.0 Å². The highest BCUT2D eigenvalue weighted by molar-refractivity contribution is 7.88. The molecule has 2 rings (SSSR count). The van der Waals surface area contributed by atoms with Gasteiger partial charge in [-0.15, -0.1) is 0 Å². The molecule has 0 spiro atoms. The van der Waals surface area contributed by atoms with E-state index in [1.54, 1.807) is 37.4 Å². The molecule has 0 atom stereocenters. The highest BCUT2D eigenvalue weighted by atomic mass is 32.2. The summed E-state index contributed by atoms with van der Waals surface area (Å²) >= 11 is 0. The third-order valence-electron chi connectivity index (χ3n) is 4.22. The monoisotopic (exact) mass is 376 g/mol. The molecule has 1 saturated heterocycles. The van der Waals surface area contributed by atoms with E-state index < -0.39 is 20.1 Å². The van der Waals surface area contributed by atoms with Gasteiger partial charge in [0.05, 0.1) is 12.0 Å². The van der Waals surface area contributed by atoms with E-state index in [0.717, 1.165) is 0 Å². The summed E-state index contributed by atoms with van der Waals surface area (Å²) < 4.78 is 53.6. The number of hydrogen-bond acceptors (Lipinski definition) is 6. The van der Waals surface area contributed by atoms with Gasteiger partial charge in [-0.2, -0.15) is 8.42 Å². The average Bonchev–Trinajstić information content (AvgIpc) is 2.52. The number of sulfonamides is 1. The van der Waals surface area contributed by atoms with Crippen LogP contribution in [0.3, 0.4) is 0 Å². The molecule has 1 fully saturated rings. The first-order valence-electron chi connectivity index (χ1n) is 7.80. The molecule has 1 heterocycles. The lowest BCUT2D eigenvalue weighted by molar-refractivity contribution is 0.177. The molecule has 0 unspecified atom stereocenters. The molecular formula is C15H24N2O5S2. The number of hydrogen-bond donors (Lipinski definition) is 0. The van der Waals surface area contributed by atoms with Gasteiger partial charge in [0.15, 0.2) is 0 Å². The molecule has 1 aliphatic heterocycles. The third-order valence-corrected chi connectivity index (χ3v) is 6.69. The molecule has 136 valence electrons. The molecule has 7 nitrogen and oxygen atoms in total. The van der Waals surface area contributed by atoms with Crippen LogP contribution in [0.5, 0.6) is 5.75 Å². The fraction of sp³-hybridized carbons (Fsp3) is 0.600. The van der Waals surface area contributed by atoms with Crippen LogP contribution < -0.4 is 4.18 Å². The summed E-state index contributed by atoms with van der Waals surface area (Å²) in [4.78, 5) is 2.03. The zero-order valence-electron chi connectivity index (χ0n) is 14.0. The third kappa shape index (κ3) is 5.73. The normalized spacial score (nSPS) is 18.0. The van der Waals surface area contributed by atoms with Gasteiger partial charge in [0.25, 0.3) is 0 Å². The van der Waals surface area contributed by atoms with E-state index in [9.17, 15) is 16.8 Å². The van der Waals surface area contributed by atoms with Gasteiger partial charge >= 0.3 is 10.1 Å². The first-order chi connectivity index (χ1) is 11.2. The zero-order chi connectivity index (χ0) is 17.8. The van der Waals surface area contributed by atoms with Crippen LogP contribution in [0.2, 0.25) is 0 Å². The van der Waals surface area contributed by atoms with E-state index in [1.165, 1.54) is 10.6 Å². The molecule has 0 amide bonds. The Morgan fingerprint density at radius 3 is 2.25 bits per heavy atom. The topological polar surface area (TPSA) is 84.0 Å². The average molecular weight is 377 g/mol. The van der Waals surface area contributed by atoms with Crippen LogP contribution in [-0.2, 0) is 20.1 Å². The van der Waals surface area contributed by atoms with Crippen LogP contribution in [0.25, 0.3) is 0 Å². The summed E-state index contributed by atoms with van der Waals surface area (Å²) in [6.07, 6.45) is 2.60. The Bertz CT molecular complexity index is 726. The molecule has 0 radical (unpaired) electrons. The second-order valence-electron chi connectivity index (χ2n) is 6.01. The van der Waals surface area contributed by atoms with E-state index in [-0.39, 0.29) is 11.8 Å². The standard InChI is InChI=1S/C15H24N2O5S2/c1-16(23(2,18)19)14-8-10-17(11-9-14)12-13-24(20,21)22-15-6-4-3-5-7-15/h3-7,14H,8-13H2,1-2H3. The smallest absolute Gasteiger partial charge is 0.310 e. The number of nitrogens with zero attached hydrogens (tertiary/aromatic N) is 2. The Kier molecular flexibility index (Phi) is 6.24. The van der Waals surface area contributed by atoms with Crippen molar-refractivity contribution < 1.29 is 21.0 Å². The SMILES string of the molecule is CN(C1CCN(CCS(=O)(=O)Oc2ccccc2)CC1)S(C)(=O)=O. The van der Waals surface area contributed by atoms with E-state index >= 15 is 0 Å². The maximum absolute atomic E-state index is 12.0. The first kappa shape index (κ1) is 19.2. The lowest BCUT2D eigenvalue weighted by Crippen LogP contribution is -2.46. The molecule has 24 heavy (non-hydrogen) atoms. The number of benzene rings is 1. The Morgan fingerprint density at radius 2 is 1.71 bits per heavy atom. The molecule has 0 aliphatic carbocycles. The molecule has 0 saturated carbocycles. The minimum absolute atomic E-state index is 0.0200. The van der Waals surface area contributed by atoms with Crippen molar-refractivity contribution in [1.82, 2.24) is 9.21 Å². The van der Waals surface area contributed by atoms with Gasteiger partial charge in [0.1, 0.15) is 5.75 Å². The van der Waals surface area contributed by atoms with Gasteiger partial charge < -0.3 is 9.08 Å². The van der Waals surface area contributed by atoms with Crippen molar-refractivity contribution in [1.29, 1.82) is 0 Å². The fourth-order valence-electron chi connectivity index (χ4n) is 2.68. The molecule has 0 aromatic heterocycles. The largest absolute Gasteiger partial charge is 0.382 e. The fourth-order valence-corrected chi connectivity index (χ4v) is 4.40. The van der Waals surface area contributed by atoms with Crippen molar-refractivity contribution in [3.8, 4) is 5.75 Å². The Balaban J connectivity index is 1.80. The second kappa shape index (κ2) is 7.81. The molecule has 1 aliphatic rings. The predicted molar refractivity (Wildman–Crippen MR) is 92.9 cm³/mol. The molecule has 9 heteroatoms. The Morgan fingerprint density at radius 1 is 1.12 bits per heavy atom. The van der Waals surface area contributed by atoms with Gasteiger partial charge in [-0.05, 0) is 38.1 Å². The number of piperidine rings is 1. The van der Waals surface area contributed by atoms with E-state index in [2.05, 4.69) is 0 Å². The van der Waals surface area contributed by atoms with Crippen molar-refractivity contribution in [2.45, 2.75) is 18.9 Å². The molecular weight excluding hydrogens is 352 g/mol. The van der Waals surface area contributed by atoms with Crippen LogP contribution in [0.4, 0.5) is 0 Å². The summed E-state index contributed by atoms with van der Waals surface area (Å²) in [5.74, 6) is 0.222. The second-order valence-corrected chi connectivity index (χ2v) is 9.74. The van der Waals surface area contributed by atoms with Crippen LogP contribution in [0.15, 0.2) is 30.3 Å². The lowest BCUT2D eigenvalue weighted by Gasteiger charge is -2.35. The highest BCUT2D eigenvalue weighted by Crippen LogP contribution is 2.18. The van der Waals surface area contributed by atoms with Crippen LogP contribution in [-0.4, -0.2) is 70.8 Å². The summed E-state index contributed by atoms with van der Waals surface area (Å²) in [5, 5.41) is 0. The highest BCUT2D eigenvalue weighted by Gasteiger charge is 2.27. The first-order valence-corrected chi connectivity index (χ1v) is 11.2. The summed E-state index contributed by atoms with van der Waals surface area (Å²) in [5.41, 5.74) is 0. The Hall–Kier alpha value is -1.16. The van der Waals surface area contributed by atoms with E-state index in [0.29, 0.717) is 38.2 Å². The van der Waals surface area contributed by atoms with Crippen LogP contribution in [0.1, 0.15) is 12.8 Å². The van der Waals surface area contributed by atoms with Gasteiger partial charge in [-0.1, -0.05) is 18.2 Å². The number of rotatable bonds is 7. The number of para-hydroxylation sites is 1. The Labute approximate surface area is 144 Å². The van der Waals surface area contributed by atoms with E-state index in [1.807, 2.05) is 4.90 Å². The van der Waals surface area contributed by atoms with Gasteiger partial charge in [-0.3, -0.25) is 0 Å². The van der Waals surface area contributed by atoms with Crippen molar-refractivity contribution in [3.05, 3.63) is 30.3 Å². The summed E-state index contributed by atoms with van der Waals surface area (Å²) in [6, 6.07) is 8.40. The minimum Gasteiger partial charge on any atom is -0.382 e. The van der Waals surface area contributed by atoms with Crippen molar-refractivity contribution in [2.75, 3.05) is 38.7 Å². The zero-order valence-corrected chi connectivity index (χ0v) is 15.6. The van der Waals surface area contributed by atoms with Crippen molar-refractivity contribution in [3.63, 3.8) is 0 Å². The maximum Gasteiger partial charge on any atom is 0.310 e. The van der Waals surface area contributed by atoms with Crippen LogP contribution in [0, 0.1) is 0 Å². The van der Waals surface area contributed by atoms with E-state index in [4.69, 9.17) is 4.18 Å². The number of likely N-dealkylation sites (tertiary alicyclic amines) is 1. The minimum atomic E-state index is -3.64. The quantitative estimate of drug-likeness (QED) is 0.653. The maximum atomic E-state index is 12.0. The molecule has 1 aromatic rings. The van der Waals surface area contributed by atoms with Crippen molar-refractivity contribution >= 4 is 20.1 Å². The summed E-state index contributed by atoms with van der Waals surface area (Å²) in [7, 11) is -5.24. The van der Waals surface area contributed by atoms with Gasteiger partial charge in [-0.25, -0.2) is 12.7 Å². The predicted octanol–water partition coefficient (Wildman–Crippen LogP) is 0.751. The molecule has 0 N–H and O–H groups in total. The van der Waals surface area contributed by atoms with Gasteiger partial charge in [0, 0.05) is 19.6 Å². The molecule has 0 bridgehead atoms. The molecule has 1 aromatic carbocycles. The van der Waals surface area contributed by atoms with Crippen LogP contribution >= 0.6 is 0 Å². The summed E-state index contributed by atoms with van der Waals surface area (Å²) in [6.45, 7) is 1.72.